The number of carbonyl (C=O) groups is 2. The monoisotopic (exact) mass is 496 g/mol. The highest BCUT2D eigenvalue weighted by Crippen LogP contribution is 2.42. The zero-order valence-corrected chi connectivity index (χ0v) is 21.9. The summed E-state index contributed by atoms with van der Waals surface area (Å²) in [7, 11) is 1.43. The first-order chi connectivity index (χ1) is 17.1. The highest BCUT2D eigenvalue weighted by Gasteiger charge is 2.46. The van der Waals surface area contributed by atoms with E-state index in [0.29, 0.717) is 30.0 Å². The van der Waals surface area contributed by atoms with Gasteiger partial charge in [0.05, 0.1) is 24.8 Å². The number of rotatable bonds is 10. The molecule has 0 spiro atoms. The number of likely N-dealkylation sites (N-methyl/N-ethyl adjacent to an activating group) is 1. The van der Waals surface area contributed by atoms with E-state index in [0.717, 1.165) is 18.7 Å². The fraction of sp³-hybridized carbons (Fsp3) is 0.429. The first kappa shape index (κ1) is 27.1. The molecule has 1 amide bonds. The van der Waals surface area contributed by atoms with Crippen molar-refractivity contribution in [2.24, 2.45) is 0 Å². The molecule has 0 radical (unpaired) electrons. The van der Waals surface area contributed by atoms with Gasteiger partial charge in [0.1, 0.15) is 11.5 Å². The van der Waals surface area contributed by atoms with Gasteiger partial charge in [-0.15, -0.1) is 0 Å². The molecule has 3 rings (SSSR count). The van der Waals surface area contributed by atoms with Gasteiger partial charge in [-0.25, -0.2) is 0 Å². The molecule has 1 aliphatic heterocycles. The molecule has 0 saturated carbocycles. The normalized spacial score (nSPS) is 17.3. The van der Waals surface area contributed by atoms with Crippen molar-refractivity contribution in [2.45, 2.75) is 46.8 Å². The standard InChI is InChI=1S/C28H36N2O6/c1-7-29(8-2)13-14-30-25(19-9-11-21(31)23(16-19)35-6)24(27(33)28(30)34)26(32)20-10-12-22(18(5)15-20)36-17(3)4/h9-12,15-17,25,31-32H,7-8,13-14H2,1-6H3/b26-24+. The molecule has 1 atom stereocenters. The Balaban J connectivity index is 2.13. The summed E-state index contributed by atoms with van der Waals surface area (Å²) in [6.45, 7) is 12.3. The predicted molar refractivity (Wildman–Crippen MR) is 138 cm³/mol. The van der Waals surface area contributed by atoms with Crippen molar-refractivity contribution in [1.29, 1.82) is 0 Å². The SMILES string of the molecule is CCN(CC)CCN1C(=O)C(=O)/C(=C(/O)c2ccc(OC(C)C)c(C)c2)C1c1ccc(O)c(OC)c1. The van der Waals surface area contributed by atoms with E-state index in [9.17, 15) is 19.8 Å². The number of methoxy groups -OCH3 is 1. The van der Waals surface area contributed by atoms with Crippen LogP contribution in [0, 0.1) is 6.92 Å². The van der Waals surface area contributed by atoms with E-state index in [1.165, 1.54) is 18.1 Å². The van der Waals surface area contributed by atoms with Crippen LogP contribution in [0.2, 0.25) is 0 Å². The second-order valence-corrected chi connectivity index (χ2v) is 9.10. The minimum atomic E-state index is -0.832. The van der Waals surface area contributed by atoms with Crippen LogP contribution in [-0.2, 0) is 9.59 Å². The lowest BCUT2D eigenvalue weighted by Gasteiger charge is -2.28. The maximum Gasteiger partial charge on any atom is 0.295 e. The van der Waals surface area contributed by atoms with Gasteiger partial charge in [-0.2, -0.15) is 0 Å². The number of aliphatic hydroxyl groups excluding tert-OH is 1. The van der Waals surface area contributed by atoms with E-state index < -0.39 is 17.7 Å². The number of nitrogens with zero attached hydrogens (tertiary/aromatic N) is 2. The molecule has 1 saturated heterocycles. The molecule has 0 aromatic heterocycles. The molecule has 1 aliphatic rings. The minimum absolute atomic E-state index is 0.00391. The van der Waals surface area contributed by atoms with Crippen molar-refractivity contribution in [3.63, 3.8) is 0 Å². The second kappa shape index (κ2) is 11.5. The van der Waals surface area contributed by atoms with Gasteiger partial charge in [-0.05, 0) is 75.3 Å². The number of aliphatic hydroxyl groups is 1. The Morgan fingerprint density at radius 3 is 2.36 bits per heavy atom. The third-order valence-electron chi connectivity index (χ3n) is 6.42. The topological polar surface area (TPSA) is 99.5 Å². The number of hydrogen-bond acceptors (Lipinski definition) is 7. The van der Waals surface area contributed by atoms with Crippen molar-refractivity contribution in [3.8, 4) is 17.2 Å². The van der Waals surface area contributed by atoms with Crippen LogP contribution in [0.3, 0.4) is 0 Å². The lowest BCUT2D eigenvalue weighted by atomic mass is 9.94. The molecule has 8 heteroatoms. The van der Waals surface area contributed by atoms with Crippen LogP contribution in [0.5, 0.6) is 17.2 Å². The van der Waals surface area contributed by atoms with Gasteiger partial charge in [0.25, 0.3) is 11.7 Å². The molecular weight excluding hydrogens is 460 g/mol. The number of amides is 1. The van der Waals surface area contributed by atoms with E-state index in [4.69, 9.17) is 9.47 Å². The molecule has 194 valence electrons. The van der Waals surface area contributed by atoms with Crippen molar-refractivity contribution in [2.75, 3.05) is 33.3 Å². The third-order valence-corrected chi connectivity index (χ3v) is 6.42. The summed E-state index contributed by atoms with van der Waals surface area (Å²) in [5.74, 6) is -0.831. The molecule has 8 nitrogen and oxygen atoms in total. The van der Waals surface area contributed by atoms with Crippen LogP contribution in [0.1, 0.15) is 50.4 Å². The van der Waals surface area contributed by atoms with Gasteiger partial charge in [0.15, 0.2) is 11.5 Å². The lowest BCUT2D eigenvalue weighted by molar-refractivity contribution is -0.140. The molecule has 2 aromatic carbocycles. The lowest BCUT2D eigenvalue weighted by Crippen LogP contribution is -2.38. The average molecular weight is 497 g/mol. The molecule has 0 aliphatic carbocycles. The van der Waals surface area contributed by atoms with Gasteiger partial charge in [-0.3, -0.25) is 9.59 Å². The van der Waals surface area contributed by atoms with Gasteiger partial charge < -0.3 is 29.5 Å². The van der Waals surface area contributed by atoms with Crippen LogP contribution in [0.15, 0.2) is 42.0 Å². The van der Waals surface area contributed by atoms with Crippen LogP contribution >= 0.6 is 0 Å². The number of likely N-dealkylation sites (tertiary alicyclic amines) is 1. The number of ether oxygens (including phenoxy) is 2. The zero-order valence-electron chi connectivity index (χ0n) is 21.9. The summed E-state index contributed by atoms with van der Waals surface area (Å²) in [5.41, 5.74) is 1.78. The Hall–Kier alpha value is -3.52. The van der Waals surface area contributed by atoms with Crippen molar-refractivity contribution >= 4 is 17.4 Å². The average Bonchev–Trinajstić information content (AvgIpc) is 3.10. The van der Waals surface area contributed by atoms with Crippen molar-refractivity contribution in [3.05, 3.63) is 58.7 Å². The number of carbonyl (C=O) groups excluding carboxylic acids is 2. The smallest absolute Gasteiger partial charge is 0.295 e. The molecule has 1 fully saturated rings. The molecule has 36 heavy (non-hydrogen) atoms. The van der Waals surface area contributed by atoms with Crippen LogP contribution in [0.25, 0.3) is 5.76 Å². The van der Waals surface area contributed by atoms with E-state index in [1.54, 1.807) is 30.3 Å². The maximum atomic E-state index is 13.3. The highest BCUT2D eigenvalue weighted by atomic mass is 16.5. The number of Topliss-reactive ketones (excluding diaryl/α,β-unsaturated/α-hetero) is 1. The first-order valence-electron chi connectivity index (χ1n) is 12.3. The minimum Gasteiger partial charge on any atom is -0.507 e. The molecule has 2 aromatic rings. The van der Waals surface area contributed by atoms with E-state index in [2.05, 4.69) is 4.90 Å². The van der Waals surface area contributed by atoms with Gasteiger partial charge >= 0.3 is 0 Å². The third kappa shape index (κ3) is 5.49. The highest BCUT2D eigenvalue weighted by molar-refractivity contribution is 6.46. The fourth-order valence-corrected chi connectivity index (χ4v) is 4.45. The number of hydrogen-bond donors (Lipinski definition) is 2. The Labute approximate surface area is 212 Å². The quantitative estimate of drug-likeness (QED) is 0.288. The first-order valence-corrected chi connectivity index (χ1v) is 12.3. The number of phenols is 1. The Morgan fingerprint density at radius 2 is 1.78 bits per heavy atom. The summed E-state index contributed by atoms with van der Waals surface area (Å²) in [6, 6.07) is 9.02. The summed E-state index contributed by atoms with van der Waals surface area (Å²) in [4.78, 5) is 30.1. The van der Waals surface area contributed by atoms with Gasteiger partial charge in [0.2, 0.25) is 0 Å². The molecule has 1 heterocycles. The molecule has 1 unspecified atom stereocenters. The van der Waals surface area contributed by atoms with Gasteiger partial charge in [-0.1, -0.05) is 19.9 Å². The zero-order chi connectivity index (χ0) is 26.6. The van der Waals surface area contributed by atoms with Crippen LogP contribution in [-0.4, -0.2) is 71.1 Å². The number of aromatic hydroxyl groups is 1. The van der Waals surface area contributed by atoms with Crippen molar-refractivity contribution in [1.82, 2.24) is 9.80 Å². The second-order valence-electron chi connectivity index (χ2n) is 9.10. The summed E-state index contributed by atoms with van der Waals surface area (Å²) in [5, 5.41) is 21.5. The van der Waals surface area contributed by atoms with Crippen molar-refractivity contribution < 1.29 is 29.3 Å². The molecule has 2 N–H and O–H groups in total. The summed E-state index contributed by atoms with van der Waals surface area (Å²) < 4.78 is 11.1. The molecule has 0 bridgehead atoms. The Kier molecular flexibility index (Phi) is 8.63. The summed E-state index contributed by atoms with van der Waals surface area (Å²) in [6.07, 6.45) is -0.0104. The van der Waals surface area contributed by atoms with Gasteiger partial charge in [0, 0.05) is 18.7 Å². The predicted octanol–water partition coefficient (Wildman–Crippen LogP) is 4.26. The molecular formula is C28H36N2O6. The van der Waals surface area contributed by atoms with E-state index in [-0.39, 0.29) is 28.9 Å². The summed E-state index contributed by atoms with van der Waals surface area (Å²) >= 11 is 0. The van der Waals surface area contributed by atoms with E-state index >= 15 is 0 Å². The fourth-order valence-electron chi connectivity index (χ4n) is 4.45. The van der Waals surface area contributed by atoms with E-state index in [1.807, 2.05) is 34.6 Å². The largest absolute Gasteiger partial charge is 0.507 e. The van der Waals surface area contributed by atoms with Crippen LogP contribution in [0.4, 0.5) is 0 Å². The number of aryl methyl sites for hydroxylation is 1. The number of phenolic OH excluding ortho intramolecular Hbond substituents is 1. The van der Waals surface area contributed by atoms with Crippen LogP contribution < -0.4 is 9.47 Å². The Bertz CT molecular complexity index is 1150. The maximum absolute atomic E-state index is 13.3. The number of ketones is 1. The number of benzene rings is 2. The Morgan fingerprint density at radius 1 is 1.08 bits per heavy atom.